The normalized spacial score (nSPS) is 12.8. The van der Waals surface area contributed by atoms with Crippen LogP contribution in [0.15, 0.2) is 0 Å². The molecule has 0 radical (unpaired) electrons. The van der Waals surface area contributed by atoms with Crippen molar-refractivity contribution in [2.24, 2.45) is 17.3 Å². The number of hydrogen-bond donors (Lipinski definition) is 2. The van der Waals surface area contributed by atoms with Crippen molar-refractivity contribution in [3.63, 3.8) is 0 Å². The molecule has 0 aromatic carbocycles. The van der Waals surface area contributed by atoms with Crippen molar-refractivity contribution in [3.8, 4) is 0 Å². The molecule has 1 atom stereocenters. The minimum Gasteiger partial charge on any atom is -0.353 e. The van der Waals surface area contributed by atoms with Gasteiger partial charge in [0, 0.05) is 35.3 Å². The van der Waals surface area contributed by atoms with Gasteiger partial charge < -0.3 is 10.6 Å². The first-order valence-corrected chi connectivity index (χ1v) is 10.7. The lowest BCUT2D eigenvalue weighted by Gasteiger charge is -2.20. The molecule has 0 saturated carbocycles. The molecule has 0 saturated heterocycles. The molecule has 0 bridgehead atoms. The molecule has 2 N–H and O–H groups in total. The molecular weight excluding hydrogens is 372 g/mol. The van der Waals surface area contributed by atoms with Crippen molar-refractivity contribution in [1.29, 1.82) is 0 Å². The maximum atomic E-state index is 12.4. The van der Waals surface area contributed by atoms with Crippen molar-refractivity contribution in [1.82, 2.24) is 10.6 Å². The minimum atomic E-state index is -0.777. The topological polar surface area (TPSA) is 92.3 Å². The first kappa shape index (κ1) is 25.0. The van der Waals surface area contributed by atoms with Gasteiger partial charge in [-0.1, -0.05) is 72.0 Å². The molecule has 0 aromatic heterocycles. The molecule has 0 rings (SSSR count). The van der Waals surface area contributed by atoms with Crippen molar-refractivity contribution in [3.05, 3.63) is 0 Å². The van der Waals surface area contributed by atoms with Gasteiger partial charge in [-0.3, -0.25) is 19.2 Å². The van der Waals surface area contributed by atoms with E-state index in [9.17, 15) is 19.2 Å². The fourth-order valence-corrected chi connectivity index (χ4v) is 3.23. The average Bonchev–Trinajstić information content (AvgIpc) is 2.52. The summed E-state index contributed by atoms with van der Waals surface area (Å²) in [6, 6.07) is -0.777. The fourth-order valence-electron chi connectivity index (χ4n) is 1.51. The predicted octanol–water partition coefficient (Wildman–Crippen LogP) is 2.47. The Balaban J connectivity index is 4.60. The average molecular weight is 405 g/mol. The highest BCUT2D eigenvalue weighted by Gasteiger charge is 2.24. The smallest absolute Gasteiger partial charge is 0.243 e. The van der Waals surface area contributed by atoms with Crippen LogP contribution in [0.1, 0.15) is 48.5 Å². The maximum Gasteiger partial charge on any atom is 0.243 e. The van der Waals surface area contributed by atoms with Crippen molar-refractivity contribution < 1.29 is 19.2 Å². The number of carbonyl (C=O) groups is 4. The third-order valence-corrected chi connectivity index (χ3v) is 5.81. The predicted molar refractivity (Wildman–Crippen MR) is 109 cm³/mol. The Morgan fingerprint density at radius 1 is 0.885 bits per heavy atom. The molecule has 6 nitrogen and oxygen atoms in total. The zero-order chi connectivity index (χ0) is 20.5. The van der Waals surface area contributed by atoms with Gasteiger partial charge in [-0.15, -0.1) is 0 Å². The van der Waals surface area contributed by atoms with Gasteiger partial charge in [-0.05, 0) is 0 Å². The van der Waals surface area contributed by atoms with Gasteiger partial charge in [0.1, 0.15) is 6.04 Å². The molecule has 0 unspecified atom stereocenters. The fraction of sp³-hybridized carbons (Fsp3) is 0.778. The van der Waals surface area contributed by atoms with E-state index in [-0.39, 0.29) is 39.6 Å². The number of nitrogens with one attached hydrogen (secondary N) is 2. The summed E-state index contributed by atoms with van der Waals surface area (Å²) in [5, 5.41) is 5.47. The van der Waals surface area contributed by atoms with E-state index in [1.165, 1.54) is 11.8 Å². The Labute approximate surface area is 165 Å². The number of carbonyl (C=O) groups excluding carboxylic acids is 4. The van der Waals surface area contributed by atoms with Gasteiger partial charge in [-0.2, -0.15) is 0 Å². The van der Waals surface area contributed by atoms with E-state index in [4.69, 9.17) is 0 Å². The van der Waals surface area contributed by atoms with Crippen LogP contribution in [0.5, 0.6) is 0 Å². The molecule has 26 heavy (non-hydrogen) atoms. The first-order chi connectivity index (χ1) is 11.9. The highest BCUT2D eigenvalue weighted by atomic mass is 32.2. The summed E-state index contributed by atoms with van der Waals surface area (Å²) in [4.78, 5) is 48.0. The molecule has 0 aliphatic rings. The second-order valence-corrected chi connectivity index (χ2v) is 9.77. The Morgan fingerprint density at radius 3 is 1.92 bits per heavy atom. The van der Waals surface area contributed by atoms with Crippen molar-refractivity contribution in [2.75, 3.05) is 18.1 Å². The molecule has 0 aliphatic heterocycles. The van der Waals surface area contributed by atoms with Crippen LogP contribution in [0, 0.1) is 17.3 Å². The summed E-state index contributed by atoms with van der Waals surface area (Å²) in [7, 11) is 0. The van der Waals surface area contributed by atoms with Crippen LogP contribution in [0.25, 0.3) is 0 Å². The quantitative estimate of drug-likeness (QED) is 0.574. The third-order valence-electron chi connectivity index (χ3n) is 3.27. The number of thioether (sulfide) groups is 2. The zero-order valence-corrected chi connectivity index (χ0v) is 18.4. The van der Waals surface area contributed by atoms with Crippen LogP contribution in [-0.4, -0.2) is 46.1 Å². The molecular formula is C18H32N2O4S2. The highest BCUT2D eigenvalue weighted by molar-refractivity contribution is 8.14. The van der Waals surface area contributed by atoms with Crippen LogP contribution >= 0.6 is 23.5 Å². The number of rotatable bonds is 9. The third kappa shape index (κ3) is 10.2. The first-order valence-electron chi connectivity index (χ1n) is 8.78. The van der Waals surface area contributed by atoms with E-state index < -0.39 is 11.5 Å². The summed E-state index contributed by atoms with van der Waals surface area (Å²) in [5.74, 6) is -0.313. The number of hydrogen-bond acceptors (Lipinski definition) is 6. The zero-order valence-electron chi connectivity index (χ0n) is 16.8. The maximum absolute atomic E-state index is 12.4. The van der Waals surface area contributed by atoms with Gasteiger partial charge >= 0.3 is 0 Å². The number of amides is 2. The molecule has 0 heterocycles. The molecule has 0 fully saturated rings. The SMILES string of the molecule is CC(C)C(=O)N[C@@H](CSC(=O)C(C)C)C(=O)NCCSC(=O)C(C)(C)C. The largest absolute Gasteiger partial charge is 0.353 e. The lowest BCUT2D eigenvalue weighted by molar-refractivity contribution is -0.130. The standard InChI is InChI=1S/C18H32N2O4S2/c1-11(2)14(21)20-13(10-26-16(23)12(3)4)15(22)19-8-9-25-17(24)18(5,6)7/h11-13H,8-10H2,1-7H3,(H,19,22)(H,20,21)/t13-/m0/s1. The lowest BCUT2D eigenvalue weighted by Crippen LogP contribution is -2.50. The molecule has 2 amide bonds. The Bertz CT molecular complexity index is 514. The summed E-state index contributed by atoms with van der Waals surface area (Å²) in [5.41, 5.74) is -0.420. The van der Waals surface area contributed by atoms with Gasteiger partial charge in [0.2, 0.25) is 11.8 Å². The van der Waals surface area contributed by atoms with Crippen LogP contribution in [0.3, 0.4) is 0 Å². The van der Waals surface area contributed by atoms with Crippen LogP contribution < -0.4 is 10.6 Å². The summed E-state index contributed by atoms with van der Waals surface area (Å²) >= 11 is 2.23. The summed E-state index contributed by atoms with van der Waals surface area (Å²) < 4.78 is 0. The van der Waals surface area contributed by atoms with Crippen LogP contribution in [-0.2, 0) is 19.2 Å². The molecule has 0 aromatic rings. The molecule has 0 aliphatic carbocycles. The molecule has 0 spiro atoms. The molecule has 150 valence electrons. The van der Waals surface area contributed by atoms with Gasteiger partial charge in [-0.25, -0.2) is 0 Å². The highest BCUT2D eigenvalue weighted by Crippen LogP contribution is 2.22. The van der Waals surface area contributed by atoms with E-state index in [1.807, 2.05) is 20.8 Å². The van der Waals surface area contributed by atoms with Crippen molar-refractivity contribution in [2.45, 2.75) is 54.5 Å². The van der Waals surface area contributed by atoms with Crippen molar-refractivity contribution >= 4 is 45.6 Å². The van der Waals surface area contributed by atoms with E-state index in [0.717, 1.165) is 11.8 Å². The van der Waals surface area contributed by atoms with E-state index in [0.29, 0.717) is 12.3 Å². The van der Waals surface area contributed by atoms with Crippen LogP contribution in [0.4, 0.5) is 0 Å². The summed E-state index contributed by atoms with van der Waals surface area (Å²) in [6.07, 6.45) is 0. The minimum absolute atomic E-state index is 0.0204. The Hall–Kier alpha value is -1.02. The lowest BCUT2D eigenvalue weighted by atomic mass is 10.00. The summed E-state index contributed by atoms with van der Waals surface area (Å²) in [6.45, 7) is 12.9. The monoisotopic (exact) mass is 404 g/mol. The van der Waals surface area contributed by atoms with E-state index in [2.05, 4.69) is 10.6 Å². The van der Waals surface area contributed by atoms with Gasteiger partial charge in [0.05, 0.1) is 0 Å². The second kappa shape index (κ2) is 11.6. The van der Waals surface area contributed by atoms with E-state index in [1.54, 1.807) is 27.7 Å². The Morgan fingerprint density at radius 2 is 1.46 bits per heavy atom. The van der Waals surface area contributed by atoms with Crippen LogP contribution in [0.2, 0.25) is 0 Å². The van der Waals surface area contributed by atoms with E-state index >= 15 is 0 Å². The van der Waals surface area contributed by atoms with Gasteiger partial charge in [0.15, 0.2) is 10.2 Å². The molecule has 8 heteroatoms. The second-order valence-electron chi connectivity index (χ2n) is 7.68. The van der Waals surface area contributed by atoms with Gasteiger partial charge in [0.25, 0.3) is 0 Å². The Kier molecular flexibility index (Phi) is 11.2.